The minimum Gasteiger partial charge on any atom is -0.379 e. The Bertz CT molecular complexity index is 1400. The predicted octanol–water partition coefficient (Wildman–Crippen LogP) is 1.88. The lowest BCUT2D eigenvalue weighted by molar-refractivity contribution is -0.139. The van der Waals surface area contributed by atoms with Gasteiger partial charge in [-0.2, -0.15) is 31.4 Å². The predicted molar refractivity (Wildman–Crippen MR) is 131 cm³/mol. The highest BCUT2D eigenvalue weighted by molar-refractivity contribution is 6.05. The fraction of sp³-hybridized carbons (Fsp3) is 0.542. The molecule has 2 aromatic heterocycles. The summed E-state index contributed by atoms with van der Waals surface area (Å²) in [6.07, 6.45) is -7.33. The number of H-pyrrole nitrogens is 1. The standard InChI is InChI=1S/C24H25F6N7O4/c1-34-15-8-13(23(25,26)27)9-31-20(15)37-6-5-35(11-17(37)22(34)40)18(38)3-7-41-12-14-2-4-36(14)16-10-32-33-21(39)19(16)24(28,29)30/h8-10,14,17H,2-7,11-12H2,1H3,(H,33,39)/t14-,17+/m0/s1. The molecule has 2 amide bonds. The molecule has 41 heavy (non-hydrogen) atoms. The van der Waals surface area contributed by atoms with E-state index in [0.29, 0.717) is 12.6 Å². The smallest absolute Gasteiger partial charge is 0.379 e. The Morgan fingerprint density at radius 2 is 1.80 bits per heavy atom. The molecule has 3 aliphatic rings. The average Bonchev–Trinajstić information content (AvgIpc) is 2.89. The van der Waals surface area contributed by atoms with Gasteiger partial charge >= 0.3 is 12.4 Å². The summed E-state index contributed by atoms with van der Waals surface area (Å²) in [5.41, 5.74) is -3.92. The van der Waals surface area contributed by atoms with Gasteiger partial charge in [0, 0.05) is 32.9 Å². The summed E-state index contributed by atoms with van der Waals surface area (Å²) in [5, 5.41) is 5.28. The van der Waals surface area contributed by atoms with E-state index in [1.807, 2.05) is 0 Å². The molecular weight excluding hydrogens is 564 g/mol. The quantitative estimate of drug-likeness (QED) is 0.402. The lowest BCUT2D eigenvalue weighted by atomic mass is 10.0. The van der Waals surface area contributed by atoms with Gasteiger partial charge in [-0.25, -0.2) is 10.1 Å². The maximum Gasteiger partial charge on any atom is 0.423 e. The van der Waals surface area contributed by atoms with Crippen LogP contribution >= 0.6 is 0 Å². The number of alkyl halides is 6. The number of piperazine rings is 1. The van der Waals surface area contributed by atoms with Crippen molar-refractivity contribution in [2.75, 3.05) is 61.1 Å². The van der Waals surface area contributed by atoms with Crippen molar-refractivity contribution < 1.29 is 40.7 Å². The zero-order valence-corrected chi connectivity index (χ0v) is 21.6. The minimum atomic E-state index is -4.86. The van der Waals surface area contributed by atoms with Crippen LogP contribution in [0.4, 0.5) is 43.5 Å². The molecular formula is C24H25F6N7O4. The van der Waals surface area contributed by atoms with E-state index in [2.05, 4.69) is 10.1 Å². The first kappa shape index (κ1) is 28.6. The van der Waals surface area contributed by atoms with E-state index in [1.54, 1.807) is 10.00 Å². The zero-order valence-electron chi connectivity index (χ0n) is 21.6. The summed E-state index contributed by atoms with van der Waals surface area (Å²) >= 11 is 0. The summed E-state index contributed by atoms with van der Waals surface area (Å²) in [6, 6.07) is -0.367. The Labute approximate surface area is 228 Å². The third kappa shape index (κ3) is 5.41. The van der Waals surface area contributed by atoms with Crippen molar-refractivity contribution in [1.82, 2.24) is 20.1 Å². The second kappa shape index (κ2) is 10.5. The van der Waals surface area contributed by atoms with E-state index in [9.17, 15) is 40.7 Å². The number of nitrogens with one attached hydrogen (secondary N) is 1. The van der Waals surface area contributed by atoms with Crippen LogP contribution in [0.2, 0.25) is 0 Å². The van der Waals surface area contributed by atoms with Crippen LogP contribution in [0.5, 0.6) is 0 Å². The van der Waals surface area contributed by atoms with Crippen LogP contribution in [0, 0.1) is 0 Å². The summed E-state index contributed by atoms with van der Waals surface area (Å²) in [4.78, 5) is 47.1. The Morgan fingerprint density at radius 1 is 1.05 bits per heavy atom. The van der Waals surface area contributed by atoms with Crippen LogP contribution in [-0.2, 0) is 26.7 Å². The first-order chi connectivity index (χ1) is 19.3. The van der Waals surface area contributed by atoms with Gasteiger partial charge in [0.15, 0.2) is 5.82 Å². The number of anilines is 3. The number of aromatic amines is 1. The molecule has 0 spiro atoms. The number of likely N-dealkylation sites (N-methyl/N-ethyl adjacent to an activating group) is 1. The van der Waals surface area contributed by atoms with Crippen LogP contribution in [0.25, 0.3) is 0 Å². The number of pyridine rings is 1. The number of nitrogens with zero attached hydrogens (tertiary/aromatic N) is 6. The van der Waals surface area contributed by atoms with Crippen LogP contribution in [0.1, 0.15) is 24.0 Å². The highest BCUT2D eigenvalue weighted by Crippen LogP contribution is 2.40. The van der Waals surface area contributed by atoms with Crippen molar-refractivity contribution in [2.45, 2.75) is 37.3 Å². The van der Waals surface area contributed by atoms with E-state index in [-0.39, 0.29) is 68.9 Å². The first-order valence-corrected chi connectivity index (χ1v) is 12.7. The van der Waals surface area contributed by atoms with Gasteiger partial charge in [0.05, 0.1) is 55.4 Å². The molecule has 17 heteroatoms. The minimum absolute atomic E-state index is 0.0102. The summed E-state index contributed by atoms with van der Waals surface area (Å²) in [6.45, 7) is 0.693. The molecule has 0 saturated carbocycles. The van der Waals surface area contributed by atoms with Gasteiger partial charge in [0.2, 0.25) is 5.91 Å². The molecule has 2 aromatic rings. The first-order valence-electron chi connectivity index (χ1n) is 12.7. The summed E-state index contributed by atoms with van der Waals surface area (Å²) in [7, 11) is 1.36. The van der Waals surface area contributed by atoms with Crippen molar-refractivity contribution in [1.29, 1.82) is 0 Å². The number of hydrogen-bond donors (Lipinski definition) is 1. The lowest BCUT2D eigenvalue weighted by Gasteiger charge is -2.46. The lowest BCUT2D eigenvalue weighted by Crippen LogP contribution is -2.63. The van der Waals surface area contributed by atoms with E-state index >= 15 is 0 Å². The number of amides is 2. The molecule has 5 rings (SSSR count). The largest absolute Gasteiger partial charge is 0.423 e. The van der Waals surface area contributed by atoms with Crippen molar-refractivity contribution in [3.8, 4) is 0 Å². The molecule has 11 nitrogen and oxygen atoms in total. The summed E-state index contributed by atoms with van der Waals surface area (Å²) < 4.78 is 85.2. The van der Waals surface area contributed by atoms with Crippen molar-refractivity contribution in [2.24, 2.45) is 0 Å². The third-order valence-corrected chi connectivity index (χ3v) is 7.50. The fourth-order valence-electron chi connectivity index (χ4n) is 5.23. The Hall–Kier alpha value is -3.89. The van der Waals surface area contributed by atoms with Gasteiger partial charge in [0.25, 0.3) is 11.5 Å². The second-order valence-electron chi connectivity index (χ2n) is 9.93. The molecule has 2 saturated heterocycles. The molecule has 2 atom stereocenters. The van der Waals surface area contributed by atoms with Gasteiger partial charge in [0.1, 0.15) is 11.6 Å². The second-order valence-corrected chi connectivity index (χ2v) is 9.93. The number of rotatable bonds is 6. The maximum absolute atomic E-state index is 13.4. The molecule has 222 valence electrons. The molecule has 0 radical (unpaired) electrons. The molecule has 0 aromatic carbocycles. The number of hydrogen-bond acceptors (Lipinski definition) is 8. The van der Waals surface area contributed by atoms with Crippen molar-refractivity contribution in [3.63, 3.8) is 0 Å². The van der Waals surface area contributed by atoms with Crippen LogP contribution in [-0.4, -0.2) is 90.4 Å². The zero-order chi connectivity index (χ0) is 29.7. The number of aromatic nitrogens is 3. The van der Waals surface area contributed by atoms with Gasteiger partial charge < -0.3 is 24.3 Å². The highest BCUT2D eigenvalue weighted by atomic mass is 19.4. The van der Waals surface area contributed by atoms with Gasteiger partial charge in [-0.1, -0.05) is 0 Å². The molecule has 0 unspecified atom stereocenters. The SMILES string of the molecule is CN1C(=O)[C@H]2CN(C(=O)CCOC[C@@H]3CCN3c3cn[nH]c(=O)c3C(F)(F)F)CCN2c2ncc(C(F)(F)F)cc21. The third-order valence-electron chi connectivity index (χ3n) is 7.50. The topological polar surface area (TPSA) is 115 Å². The normalized spacial score (nSPS) is 21.0. The Morgan fingerprint density at radius 3 is 2.46 bits per heavy atom. The van der Waals surface area contributed by atoms with Gasteiger partial charge in [-0.3, -0.25) is 14.4 Å². The van der Waals surface area contributed by atoms with E-state index in [4.69, 9.17) is 4.74 Å². The molecule has 5 heterocycles. The van der Waals surface area contributed by atoms with E-state index in [0.717, 1.165) is 17.2 Å². The van der Waals surface area contributed by atoms with Crippen LogP contribution in [0.3, 0.4) is 0 Å². The van der Waals surface area contributed by atoms with Gasteiger partial charge in [-0.15, -0.1) is 0 Å². The number of carbonyl (C=O) groups excluding carboxylic acids is 2. The monoisotopic (exact) mass is 589 g/mol. The van der Waals surface area contributed by atoms with Crippen molar-refractivity contribution in [3.05, 3.63) is 39.9 Å². The number of ether oxygens (including phenoxy) is 1. The Kier molecular flexibility index (Phi) is 7.33. The molecule has 0 bridgehead atoms. The average molecular weight is 589 g/mol. The van der Waals surface area contributed by atoms with Crippen LogP contribution in [0.15, 0.2) is 23.3 Å². The van der Waals surface area contributed by atoms with Gasteiger partial charge in [-0.05, 0) is 12.5 Å². The number of carbonyl (C=O) groups is 2. The molecule has 3 aliphatic heterocycles. The molecule has 0 aliphatic carbocycles. The highest BCUT2D eigenvalue weighted by Gasteiger charge is 2.44. The maximum atomic E-state index is 13.4. The molecule has 1 N–H and O–H groups in total. The van der Waals surface area contributed by atoms with E-state index in [1.165, 1.54) is 16.8 Å². The number of fused-ring (bicyclic) bond motifs is 3. The summed E-state index contributed by atoms with van der Waals surface area (Å²) in [5.74, 6) is -0.547. The molecule has 2 fully saturated rings. The Balaban J connectivity index is 1.15. The van der Waals surface area contributed by atoms with Crippen molar-refractivity contribution >= 4 is 29.0 Å². The van der Waals surface area contributed by atoms with E-state index < -0.39 is 47.0 Å². The number of halogens is 6. The van der Waals surface area contributed by atoms with Crippen LogP contribution < -0.4 is 20.3 Å². The fourth-order valence-corrected chi connectivity index (χ4v) is 5.23.